The molecule has 1 aromatic heterocycles. The van der Waals surface area contributed by atoms with Gasteiger partial charge >= 0.3 is 5.97 Å². The van der Waals surface area contributed by atoms with E-state index in [2.05, 4.69) is 4.98 Å². The molecule has 0 bridgehead atoms. The molecule has 110 valence electrons. The lowest BCUT2D eigenvalue weighted by atomic mass is 10.2. The SMILES string of the molecule is Nc1ccc(C(=O)O)c(S(=O)(=O)Nc2ccncc2F)c1. The van der Waals surface area contributed by atoms with Crippen LogP contribution in [0.15, 0.2) is 41.6 Å². The number of halogens is 1. The van der Waals surface area contributed by atoms with Crippen LogP contribution in [0.4, 0.5) is 15.8 Å². The zero-order chi connectivity index (χ0) is 15.6. The fraction of sp³-hybridized carbons (Fsp3) is 0. The molecule has 0 atom stereocenters. The lowest BCUT2D eigenvalue weighted by Crippen LogP contribution is -2.18. The van der Waals surface area contributed by atoms with E-state index < -0.39 is 32.3 Å². The summed E-state index contributed by atoms with van der Waals surface area (Å²) in [7, 11) is -4.31. The van der Waals surface area contributed by atoms with Gasteiger partial charge in [0.05, 0.1) is 17.4 Å². The Bertz CT molecular complexity index is 808. The Morgan fingerprint density at radius 3 is 2.67 bits per heavy atom. The van der Waals surface area contributed by atoms with Crippen molar-refractivity contribution in [3.05, 3.63) is 48.0 Å². The maximum atomic E-state index is 13.4. The lowest BCUT2D eigenvalue weighted by molar-refractivity contribution is 0.0692. The number of pyridine rings is 1. The number of carboxylic acid groups (broad SMARTS) is 1. The largest absolute Gasteiger partial charge is 0.478 e. The zero-order valence-electron chi connectivity index (χ0n) is 10.4. The molecule has 0 amide bonds. The summed E-state index contributed by atoms with van der Waals surface area (Å²) in [4.78, 5) is 14.0. The summed E-state index contributed by atoms with van der Waals surface area (Å²) >= 11 is 0. The molecule has 7 nitrogen and oxygen atoms in total. The Balaban J connectivity index is 2.52. The number of sulfonamides is 1. The third-order valence-electron chi connectivity index (χ3n) is 2.54. The quantitative estimate of drug-likeness (QED) is 0.731. The van der Waals surface area contributed by atoms with E-state index >= 15 is 0 Å². The summed E-state index contributed by atoms with van der Waals surface area (Å²) < 4.78 is 39.8. The molecular weight excluding hydrogens is 301 g/mol. The van der Waals surface area contributed by atoms with Crippen molar-refractivity contribution in [1.82, 2.24) is 4.98 Å². The van der Waals surface area contributed by atoms with Crippen LogP contribution in [0.1, 0.15) is 10.4 Å². The van der Waals surface area contributed by atoms with Gasteiger partial charge in [0, 0.05) is 11.9 Å². The number of aromatic carboxylic acids is 1. The number of anilines is 2. The summed E-state index contributed by atoms with van der Waals surface area (Å²) in [6.45, 7) is 0. The summed E-state index contributed by atoms with van der Waals surface area (Å²) in [6, 6.07) is 4.43. The third-order valence-corrected chi connectivity index (χ3v) is 3.95. The molecule has 21 heavy (non-hydrogen) atoms. The van der Waals surface area contributed by atoms with Gasteiger partial charge in [-0.3, -0.25) is 9.71 Å². The van der Waals surface area contributed by atoms with Crippen molar-refractivity contribution in [2.45, 2.75) is 4.90 Å². The van der Waals surface area contributed by atoms with Crippen LogP contribution in [-0.2, 0) is 10.0 Å². The second-order valence-corrected chi connectivity index (χ2v) is 5.67. The van der Waals surface area contributed by atoms with E-state index in [1.807, 2.05) is 4.72 Å². The predicted octanol–water partition coefficient (Wildman–Crippen LogP) is 1.30. The number of aromatic nitrogens is 1. The number of hydrogen-bond acceptors (Lipinski definition) is 5. The van der Waals surface area contributed by atoms with Gasteiger partial charge in [-0.15, -0.1) is 0 Å². The van der Waals surface area contributed by atoms with Crippen molar-refractivity contribution in [1.29, 1.82) is 0 Å². The Morgan fingerprint density at radius 2 is 2.05 bits per heavy atom. The number of carbonyl (C=O) groups is 1. The van der Waals surface area contributed by atoms with Crippen molar-refractivity contribution in [2.75, 3.05) is 10.5 Å². The second kappa shape index (κ2) is 5.37. The van der Waals surface area contributed by atoms with Gasteiger partial charge < -0.3 is 10.8 Å². The molecule has 2 rings (SSSR count). The Hall–Kier alpha value is -2.68. The Labute approximate surface area is 119 Å². The molecule has 0 aliphatic heterocycles. The molecule has 4 N–H and O–H groups in total. The molecule has 1 heterocycles. The van der Waals surface area contributed by atoms with Crippen LogP contribution in [0.3, 0.4) is 0 Å². The van der Waals surface area contributed by atoms with E-state index in [0.717, 1.165) is 24.4 Å². The van der Waals surface area contributed by atoms with Crippen LogP contribution in [-0.4, -0.2) is 24.5 Å². The van der Waals surface area contributed by atoms with E-state index in [0.29, 0.717) is 0 Å². The highest BCUT2D eigenvalue weighted by Gasteiger charge is 2.23. The third kappa shape index (κ3) is 3.08. The molecule has 0 unspecified atom stereocenters. The topological polar surface area (TPSA) is 122 Å². The molecule has 0 fully saturated rings. The zero-order valence-corrected chi connectivity index (χ0v) is 11.3. The monoisotopic (exact) mass is 311 g/mol. The summed E-state index contributed by atoms with van der Waals surface area (Å²) in [6.07, 6.45) is 2.02. The summed E-state index contributed by atoms with van der Waals surface area (Å²) in [5.41, 5.74) is 4.73. The van der Waals surface area contributed by atoms with Crippen LogP contribution in [0, 0.1) is 5.82 Å². The number of carboxylic acids is 1. The molecule has 0 aliphatic rings. The normalized spacial score (nSPS) is 11.1. The number of benzene rings is 1. The second-order valence-electron chi connectivity index (χ2n) is 4.02. The highest BCUT2D eigenvalue weighted by molar-refractivity contribution is 7.92. The highest BCUT2D eigenvalue weighted by atomic mass is 32.2. The van der Waals surface area contributed by atoms with Gasteiger partial charge in [0.2, 0.25) is 0 Å². The predicted molar refractivity (Wildman–Crippen MR) is 72.8 cm³/mol. The van der Waals surface area contributed by atoms with Crippen LogP contribution < -0.4 is 10.5 Å². The first kappa shape index (κ1) is 14.7. The van der Waals surface area contributed by atoms with Crippen LogP contribution in [0.25, 0.3) is 0 Å². The standard InChI is InChI=1S/C12H10FN3O4S/c13-9-6-15-4-3-10(9)16-21(19,20)11-5-7(14)1-2-8(11)12(17)18/h1-6H,14H2,(H,15,16)(H,17,18). The Kier molecular flexibility index (Phi) is 3.76. The molecule has 2 aromatic rings. The van der Waals surface area contributed by atoms with Crippen molar-refractivity contribution >= 4 is 27.4 Å². The van der Waals surface area contributed by atoms with Gasteiger partial charge in [0.15, 0.2) is 5.82 Å². The smallest absolute Gasteiger partial charge is 0.337 e. The van der Waals surface area contributed by atoms with Crippen molar-refractivity contribution in [3.8, 4) is 0 Å². The van der Waals surface area contributed by atoms with Gasteiger partial charge in [0.1, 0.15) is 4.90 Å². The van der Waals surface area contributed by atoms with Gasteiger partial charge in [-0.2, -0.15) is 0 Å². The number of nitrogens with one attached hydrogen (secondary N) is 1. The average Bonchev–Trinajstić information content (AvgIpc) is 2.41. The first-order chi connectivity index (χ1) is 9.81. The van der Waals surface area contributed by atoms with E-state index in [1.165, 1.54) is 12.3 Å². The number of nitrogens with two attached hydrogens (primary N) is 1. The minimum Gasteiger partial charge on any atom is -0.478 e. The minimum absolute atomic E-state index is 0.0653. The molecule has 0 spiro atoms. The number of nitrogen functional groups attached to an aromatic ring is 1. The van der Waals surface area contributed by atoms with Crippen LogP contribution in [0.5, 0.6) is 0 Å². The first-order valence-corrected chi connectivity index (χ1v) is 7.05. The van der Waals surface area contributed by atoms with E-state index in [-0.39, 0.29) is 11.4 Å². The summed E-state index contributed by atoms with van der Waals surface area (Å²) in [5, 5.41) is 9.02. The van der Waals surface area contributed by atoms with Gasteiger partial charge in [-0.05, 0) is 24.3 Å². The maximum absolute atomic E-state index is 13.4. The fourth-order valence-electron chi connectivity index (χ4n) is 1.60. The average molecular weight is 311 g/mol. The summed E-state index contributed by atoms with van der Waals surface area (Å²) in [5.74, 6) is -2.33. The number of nitrogens with zero attached hydrogens (tertiary/aromatic N) is 1. The molecule has 0 saturated carbocycles. The molecule has 0 saturated heterocycles. The molecular formula is C12H10FN3O4S. The number of rotatable bonds is 4. The molecule has 0 radical (unpaired) electrons. The first-order valence-electron chi connectivity index (χ1n) is 5.56. The minimum atomic E-state index is -4.31. The van der Waals surface area contributed by atoms with Gasteiger partial charge in [-0.25, -0.2) is 17.6 Å². The van der Waals surface area contributed by atoms with E-state index in [4.69, 9.17) is 10.8 Å². The van der Waals surface area contributed by atoms with E-state index in [9.17, 15) is 17.6 Å². The van der Waals surface area contributed by atoms with Crippen molar-refractivity contribution < 1.29 is 22.7 Å². The van der Waals surface area contributed by atoms with Crippen molar-refractivity contribution in [3.63, 3.8) is 0 Å². The van der Waals surface area contributed by atoms with Gasteiger partial charge in [0.25, 0.3) is 10.0 Å². The molecule has 0 aliphatic carbocycles. The number of hydrogen-bond donors (Lipinski definition) is 3. The fourth-order valence-corrected chi connectivity index (χ4v) is 2.90. The molecule has 1 aromatic carbocycles. The maximum Gasteiger partial charge on any atom is 0.337 e. The van der Waals surface area contributed by atoms with E-state index in [1.54, 1.807) is 0 Å². The Morgan fingerprint density at radius 1 is 1.33 bits per heavy atom. The van der Waals surface area contributed by atoms with Crippen LogP contribution >= 0.6 is 0 Å². The van der Waals surface area contributed by atoms with Crippen LogP contribution in [0.2, 0.25) is 0 Å². The lowest BCUT2D eigenvalue weighted by Gasteiger charge is -2.11. The molecule has 9 heteroatoms. The van der Waals surface area contributed by atoms with Gasteiger partial charge in [-0.1, -0.05) is 0 Å². The highest BCUT2D eigenvalue weighted by Crippen LogP contribution is 2.23. The van der Waals surface area contributed by atoms with Crippen molar-refractivity contribution in [2.24, 2.45) is 0 Å².